The minimum Gasteiger partial charge on any atom is -0.381 e. The molecule has 4 heterocycles. The highest BCUT2D eigenvalue weighted by atomic mass is 35.5. The molecule has 4 atom stereocenters. The van der Waals surface area contributed by atoms with Crippen LogP contribution in [0.3, 0.4) is 0 Å². The number of carbonyl (C=O) groups is 2. The third-order valence-corrected chi connectivity index (χ3v) is 13.4. The fraction of sp³-hybridized carbons (Fsp3) is 0.240. The average molecular weight is 939 g/mol. The number of nitrogens with zero attached hydrogens (tertiary/aromatic N) is 4. The summed E-state index contributed by atoms with van der Waals surface area (Å²) in [5, 5.41) is 27.2. The van der Waals surface area contributed by atoms with Crippen molar-refractivity contribution in [1.29, 1.82) is 0 Å². The number of aryl methyl sites for hydroxylation is 2. The van der Waals surface area contributed by atoms with Crippen molar-refractivity contribution in [3.63, 3.8) is 0 Å². The van der Waals surface area contributed by atoms with Gasteiger partial charge in [-0.25, -0.2) is 9.59 Å². The summed E-state index contributed by atoms with van der Waals surface area (Å²) in [7, 11) is 0. The van der Waals surface area contributed by atoms with E-state index in [1.54, 1.807) is 107 Å². The Kier molecular flexibility index (Phi) is 12.2. The molecule has 0 radical (unpaired) electrons. The smallest absolute Gasteiger partial charge is 0.332 e. The number of urea groups is 2. The molecule has 0 bridgehead atoms. The molecule has 4 saturated heterocycles. The molecular formula is C50H44Cl4N4O6. The number of hydrogen-bond acceptors (Lipinski definition) is 6. The number of ether oxygens (including phenoxy) is 2. The standard InChI is InChI=1S/2C25H22Cl2N2O3/c2*1-16-3-2-4-18(13-16)25(31)23(17-14-32-15-17)28(21-9-5-19(26)6-10-21)24(30)29(25)22-11-7-20(27)8-12-22/h2*2-13,17,23,31H,14-15H2,1H3/t2*23-,25?/m10/s1. The molecule has 0 spiro atoms. The first kappa shape index (κ1) is 44.1. The molecule has 4 fully saturated rings. The number of hydrogen-bond donors (Lipinski definition) is 2. The topological polar surface area (TPSA) is 106 Å². The summed E-state index contributed by atoms with van der Waals surface area (Å²) in [4.78, 5) is 34.3. The van der Waals surface area contributed by atoms with Crippen LogP contribution in [0, 0.1) is 25.7 Å². The van der Waals surface area contributed by atoms with E-state index in [0.29, 0.717) is 80.4 Å². The van der Waals surface area contributed by atoms with Crippen LogP contribution in [-0.2, 0) is 20.9 Å². The molecule has 14 heteroatoms. The Morgan fingerprint density at radius 3 is 1.03 bits per heavy atom. The minimum atomic E-state index is -1.62. The first-order valence-corrected chi connectivity index (χ1v) is 22.3. The maximum absolute atomic E-state index is 14.0. The Morgan fingerprint density at radius 1 is 0.469 bits per heavy atom. The second-order valence-electron chi connectivity index (χ2n) is 16.6. The predicted octanol–water partition coefficient (Wildman–Crippen LogP) is 11.2. The van der Waals surface area contributed by atoms with E-state index in [1.807, 2.05) is 62.4 Å². The molecule has 0 aliphatic carbocycles. The Morgan fingerprint density at radius 2 is 0.766 bits per heavy atom. The molecule has 0 saturated carbocycles. The summed E-state index contributed by atoms with van der Waals surface area (Å²) >= 11 is 24.4. The van der Waals surface area contributed by atoms with Gasteiger partial charge in [0.2, 0.25) is 0 Å². The van der Waals surface area contributed by atoms with Gasteiger partial charge in [0.25, 0.3) is 0 Å². The third-order valence-electron chi connectivity index (χ3n) is 12.3. The lowest BCUT2D eigenvalue weighted by Gasteiger charge is -2.43. The van der Waals surface area contributed by atoms with Crippen molar-refractivity contribution in [2.24, 2.45) is 11.8 Å². The van der Waals surface area contributed by atoms with Crippen LogP contribution in [-0.4, -0.2) is 60.8 Å². The number of aliphatic hydroxyl groups is 2. The number of halogens is 4. The molecule has 6 aromatic carbocycles. The highest BCUT2D eigenvalue weighted by molar-refractivity contribution is 6.31. The summed E-state index contributed by atoms with van der Waals surface area (Å²) < 4.78 is 11.0. The summed E-state index contributed by atoms with van der Waals surface area (Å²) in [6.07, 6.45) is 0. The molecule has 0 aromatic heterocycles. The van der Waals surface area contributed by atoms with Gasteiger partial charge in [-0.05, 0) is 111 Å². The molecule has 328 valence electrons. The van der Waals surface area contributed by atoms with Gasteiger partial charge in [0.1, 0.15) is 0 Å². The predicted molar refractivity (Wildman–Crippen MR) is 253 cm³/mol. The second-order valence-corrected chi connectivity index (χ2v) is 18.3. The molecule has 4 aliphatic rings. The van der Waals surface area contributed by atoms with Crippen LogP contribution in [0.5, 0.6) is 0 Å². The zero-order valence-electron chi connectivity index (χ0n) is 34.8. The lowest BCUT2D eigenvalue weighted by Crippen LogP contribution is -2.57. The summed E-state index contributed by atoms with van der Waals surface area (Å²) in [5.74, 6) is -0.0881. The van der Waals surface area contributed by atoms with Gasteiger partial charge in [-0.3, -0.25) is 19.6 Å². The fourth-order valence-corrected chi connectivity index (χ4v) is 9.71. The van der Waals surface area contributed by atoms with Gasteiger partial charge in [0.05, 0.1) is 38.5 Å². The van der Waals surface area contributed by atoms with E-state index in [9.17, 15) is 19.8 Å². The number of benzene rings is 6. The van der Waals surface area contributed by atoms with Crippen LogP contribution in [0.1, 0.15) is 22.3 Å². The molecule has 64 heavy (non-hydrogen) atoms. The van der Waals surface area contributed by atoms with Gasteiger partial charge in [-0.1, -0.05) is 106 Å². The van der Waals surface area contributed by atoms with Crippen LogP contribution >= 0.6 is 46.4 Å². The van der Waals surface area contributed by atoms with Crippen molar-refractivity contribution in [2.45, 2.75) is 37.4 Å². The van der Waals surface area contributed by atoms with Crippen molar-refractivity contribution in [1.82, 2.24) is 0 Å². The van der Waals surface area contributed by atoms with Crippen molar-refractivity contribution in [3.8, 4) is 0 Å². The van der Waals surface area contributed by atoms with E-state index in [2.05, 4.69) is 0 Å². The van der Waals surface area contributed by atoms with E-state index in [1.165, 1.54) is 9.80 Å². The SMILES string of the molecule is Cc1cccc(C2(O)[C@@H](C3COC3)N(c3ccc(Cl)cc3)C(=O)N2c2ccc(Cl)cc2)c1.Cc1cccc(C2(O)[C@H](C3COC3)N(c3ccc(Cl)cc3)C(=O)N2c2ccc(Cl)cc2)c1. The molecule has 4 amide bonds. The minimum absolute atomic E-state index is 0.0440. The maximum atomic E-state index is 14.0. The van der Waals surface area contributed by atoms with Crippen LogP contribution in [0.25, 0.3) is 0 Å². The Hall–Kier alpha value is -5.14. The van der Waals surface area contributed by atoms with E-state index < -0.39 is 23.5 Å². The molecular weight excluding hydrogens is 894 g/mol. The van der Waals surface area contributed by atoms with Crippen molar-refractivity contribution in [2.75, 3.05) is 46.0 Å². The molecule has 2 unspecified atom stereocenters. The molecule has 10 nitrogen and oxygen atoms in total. The molecule has 4 aliphatic heterocycles. The Bertz CT molecular complexity index is 2480. The van der Waals surface area contributed by atoms with Gasteiger partial charge >= 0.3 is 12.1 Å². The van der Waals surface area contributed by atoms with Gasteiger partial charge < -0.3 is 19.7 Å². The van der Waals surface area contributed by atoms with Gasteiger partial charge in [-0.2, -0.15) is 0 Å². The number of amides is 4. The summed E-state index contributed by atoms with van der Waals surface area (Å²) in [5.41, 5.74) is 2.49. The monoisotopic (exact) mass is 936 g/mol. The largest absolute Gasteiger partial charge is 0.381 e. The highest BCUT2D eigenvalue weighted by Gasteiger charge is 2.63. The first-order chi connectivity index (χ1) is 30.8. The van der Waals surface area contributed by atoms with E-state index in [-0.39, 0.29) is 23.9 Å². The van der Waals surface area contributed by atoms with E-state index in [4.69, 9.17) is 55.9 Å². The first-order valence-electron chi connectivity index (χ1n) is 20.8. The van der Waals surface area contributed by atoms with Crippen LogP contribution in [0.15, 0.2) is 146 Å². The maximum Gasteiger partial charge on any atom is 0.332 e. The molecule has 2 N–H and O–H groups in total. The summed E-state index contributed by atoms with van der Waals surface area (Å²) in [6, 6.07) is 41.6. The molecule has 10 rings (SSSR count). The van der Waals surface area contributed by atoms with Crippen molar-refractivity contribution < 1.29 is 29.3 Å². The highest BCUT2D eigenvalue weighted by Crippen LogP contribution is 2.50. The van der Waals surface area contributed by atoms with Gasteiger partial charge in [0, 0.05) is 65.8 Å². The Balaban J connectivity index is 0.000000162. The summed E-state index contributed by atoms with van der Waals surface area (Å²) in [6.45, 7) is 5.79. The zero-order valence-corrected chi connectivity index (χ0v) is 37.8. The second kappa shape index (κ2) is 17.7. The number of rotatable bonds is 8. The number of carbonyl (C=O) groups excluding carboxylic acids is 2. The molecule has 6 aromatic rings. The van der Waals surface area contributed by atoms with Gasteiger partial charge in [-0.15, -0.1) is 0 Å². The van der Waals surface area contributed by atoms with E-state index >= 15 is 0 Å². The fourth-order valence-electron chi connectivity index (χ4n) is 9.21. The van der Waals surface area contributed by atoms with Crippen LogP contribution in [0.2, 0.25) is 20.1 Å². The third kappa shape index (κ3) is 7.80. The average Bonchev–Trinajstić information content (AvgIpc) is 3.61. The van der Waals surface area contributed by atoms with E-state index in [0.717, 1.165) is 11.1 Å². The lowest BCUT2D eigenvalue weighted by atomic mass is 9.83. The quantitative estimate of drug-likeness (QED) is 0.157. The van der Waals surface area contributed by atoms with Crippen molar-refractivity contribution in [3.05, 3.63) is 188 Å². The zero-order chi connectivity index (χ0) is 44.9. The lowest BCUT2D eigenvalue weighted by molar-refractivity contribution is -0.0885. The van der Waals surface area contributed by atoms with Crippen LogP contribution in [0.4, 0.5) is 32.3 Å². The van der Waals surface area contributed by atoms with Crippen molar-refractivity contribution >= 4 is 81.2 Å². The van der Waals surface area contributed by atoms with Gasteiger partial charge in [0.15, 0.2) is 11.4 Å². The number of anilines is 4. The normalized spacial score (nSPS) is 23.5. The van der Waals surface area contributed by atoms with Crippen LogP contribution < -0.4 is 19.6 Å². The Labute approximate surface area is 391 Å².